The number of nitrogens with one attached hydrogen (secondary N) is 1. The van der Waals surface area contributed by atoms with Crippen LogP contribution in [-0.4, -0.2) is 26.4 Å². The number of para-hydroxylation sites is 2. The monoisotopic (exact) mass is 542 g/mol. The molecule has 0 aliphatic carbocycles. The van der Waals surface area contributed by atoms with Crippen LogP contribution in [0, 0.1) is 6.92 Å². The minimum absolute atomic E-state index is 0.113. The van der Waals surface area contributed by atoms with E-state index in [1.165, 1.54) is 11.8 Å². The van der Waals surface area contributed by atoms with Crippen LogP contribution in [0.2, 0.25) is 5.02 Å². The Balaban J connectivity index is 1.37. The summed E-state index contributed by atoms with van der Waals surface area (Å²) in [7, 11) is 0. The first-order valence-electron chi connectivity index (χ1n) is 11.6. The molecule has 0 saturated carbocycles. The van der Waals surface area contributed by atoms with E-state index in [4.69, 9.17) is 11.6 Å². The summed E-state index contributed by atoms with van der Waals surface area (Å²) in [6.07, 6.45) is 0. The van der Waals surface area contributed by atoms with Crippen LogP contribution in [0.3, 0.4) is 0 Å². The second-order valence-corrected chi connectivity index (χ2v) is 10.7. The standard InChI is InChI=1S/C29H23ClN4OS2/c1-20-9-5-7-13-25(20)34-28(21-15-17-22(30)18-16-21)32-33-29(34)36-19-27(35)31-24-12-6-8-14-26(24)37-23-10-3-2-4-11-23/h2-18H,19H2,1H3,(H,31,35). The molecule has 0 aliphatic heterocycles. The van der Waals surface area contributed by atoms with Crippen LogP contribution >= 0.6 is 35.1 Å². The van der Waals surface area contributed by atoms with Gasteiger partial charge in [0.15, 0.2) is 11.0 Å². The number of rotatable bonds is 8. The summed E-state index contributed by atoms with van der Waals surface area (Å²) in [6.45, 7) is 2.05. The maximum atomic E-state index is 13.0. The lowest BCUT2D eigenvalue weighted by Crippen LogP contribution is -2.15. The van der Waals surface area contributed by atoms with Gasteiger partial charge in [0.1, 0.15) is 0 Å². The molecule has 0 radical (unpaired) electrons. The highest BCUT2D eigenvalue weighted by atomic mass is 35.5. The maximum Gasteiger partial charge on any atom is 0.234 e. The number of hydrogen-bond donors (Lipinski definition) is 1. The third kappa shape index (κ3) is 6.07. The Bertz CT molecular complexity index is 1520. The number of carbonyl (C=O) groups is 1. The van der Waals surface area contributed by atoms with Gasteiger partial charge < -0.3 is 5.32 Å². The zero-order valence-corrected chi connectivity index (χ0v) is 22.4. The largest absolute Gasteiger partial charge is 0.324 e. The summed E-state index contributed by atoms with van der Waals surface area (Å²) in [5.41, 5.74) is 3.72. The third-order valence-corrected chi connectivity index (χ3v) is 7.82. The first-order valence-corrected chi connectivity index (χ1v) is 13.8. The molecule has 0 atom stereocenters. The van der Waals surface area contributed by atoms with Crippen LogP contribution in [0.5, 0.6) is 0 Å². The Morgan fingerprint density at radius 1 is 0.865 bits per heavy atom. The SMILES string of the molecule is Cc1ccccc1-n1c(SCC(=O)Nc2ccccc2Sc2ccccc2)nnc1-c1ccc(Cl)cc1. The quantitative estimate of drug-likeness (QED) is 0.203. The van der Waals surface area contributed by atoms with Crippen molar-refractivity contribution in [3.05, 3.63) is 114 Å². The van der Waals surface area contributed by atoms with Gasteiger partial charge in [-0.2, -0.15) is 0 Å². The molecule has 0 fully saturated rings. The Kier molecular flexibility index (Phi) is 7.94. The highest BCUT2D eigenvalue weighted by Crippen LogP contribution is 2.34. The number of hydrogen-bond acceptors (Lipinski definition) is 5. The van der Waals surface area contributed by atoms with Crippen molar-refractivity contribution in [2.24, 2.45) is 0 Å². The summed E-state index contributed by atoms with van der Waals surface area (Å²) in [6, 6.07) is 33.5. The van der Waals surface area contributed by atoms with Crippen LogP contribution < -0.4 is 5.32 Å². The molecule has 8 heteroatoms. The van der Waals surface area contributed by atoms with Gasteiger partial charge >= 0.3 is 0 Å². The van der Waals surface area contributed by atoms with Crippen LogP contribution in [0.4, 0.5) is 5.69 Å². The molecule has 1 N–H and O–H groups in total. The number of halogens is 1. The molecule has 4 aromatic carbocycles. The third-order valence-electron chi connectivity index (χ3n) is 5.56. The first-order chi connectivity index (χ1) is 18.1. The average molecular weight is 543 g/mol. The molecule has 5 rings (SSSR count). The fourth-order valence-electron chi connectivity index (χ4n) is 3.77. The van der Waals surface area contributed by atoms with Crippen molar-refractivity contribution in [3.63, 3.8) is 0 Å². The molecular weight excluding hydrogens is 520 g/mol. The fourth-order valence-corrected chi connectivity index (χ4v) is 5.57. The number of aromatic nitrogens is 3. The topological polar surface area (TPSA) is 59.8 Å². The van der Waals surface area contributed by atoms with Crippen molar-refractivity contribution in [3.8, 4) is 17.1 Å². The molecule has 0 spiro atoms. The normalized spacial score (nSPS) is 10.9. The molecule has 0 aliphatic rings. The maximum absolute atomic E-state index is 13.0. The first kappa shape index (κ1) is 25.1. The highest BCUT2D eigenvalue weighted by Gasteiger charge is 2.19. The molecule has 0 saturated heterocycles. The van der Waals surface area contributed by atoms with E-state index >= 15 is 0 Å². The van der Waals surface area contributed by atoms with Crippen LogP contribution in [0.15, 0.2) is 118 Å². The number of nitrogens with zero attached hydrogens (tertiary/aromatic N) is 3. The molecular formula is C29H23ClN4OS2. The minimum Gasteiger partial charge on any atom is -0.324 e. The Hall–Kier alpha value is -3.52. The number of amides is 1. The zero-order valence-electron chi connectivity index (χ0n) is 20.0. The fraction of sp³-hybridized carbons (Fsp3) is 0.0690. The van der Waals surface area contributed by atoms with Gasteiger partial charge in [-0.1, -0.05) is 83.7 Å². The van der Waals surface area contributed by atoms with Crippen molar-refractivity contribution in [2.75, 3.05) is 11.1 Å². The molecule has 184 valence electrons. The summed E-state index contributed by atoms with van der Waals surface area (Å²) >= 11 is 9.07. The number of benzene rings is 4. The van der Waals surface area contributed by atoms with Gasteiger partial charge in [0, 0.05) is 20.4 Å². The van der Waals surface area contributed by atoms with E-state index in [9.17, 15) is 4.79 Å². The van der Waals surface area contributed by atoms with E-state index in [-0.39, 0.29) is 11.7 Å². The summed E-state index contributed by atoms with van der Waals surface area (Å²) in [5.74, 6) is 0.770. The number of thioether (sulfide) groups is 1. The molecule has 1 aromatic heterocycles. The van der Waals surface area contributed by atoms with Gasteiger partial charge in [0.05, 0.1) is 17.1 Å². The van der Waals surface area contributed by atoms with Crippen molar-refractivity contribution < 1.29 is 4.79 Å². The average Bonchev–Trinajstić information content (AvgIpc) is 3.33. The van der Waals surface area contributed by atoms with Crippen LogP contribution in [-0.2, 0) is 4.79 Å². The predicted octanol–water partition coefficient (Wildman–Crippen LogP) is 7.78. The van der Waals surface area contributed by atoms with Gasteiger partial charge in [0.2, 0.25) is 5.91 Å². The Labute approximate surface area is 229 Å². The van der Waals surface area contributed by atoms with Gasteiger partial charge in [0.25, 0.3) is 0 Å². The Morgan fingerprint density at radius 3 is 2.35 bits per heavy atom. The van der Waals surface area contributed by atoms with E-state index in [1.807, 2.05) is 102 Å². The van der Waals surface area contributed by atoms with Gasteiger partial charge in [-0.25, -0.2) is 0 Å². The molecule has 5 nitrogen and oxygen atoms in total. The lowest BCUT2D eigenvalue weighted by molar-refractivity contribution is -0.113. The molecule has 0 bridgehead atoms. The number of anilines is 1. The van der Waals surface area contributed by atoms with E-state index in [0.717, 1.165) is 32.3 Å². The molecule has 0 unspecified atom stereocenters. The lowest BCUT2D eigenvalue weighted by atomic mass is 10.1. The molecule has 5 aromatic rings. The predicted molar refractivity (Wildman–Crippen MR) is 153 cm³/mol. The van der Waals surface area contributed by atoms with Gasteiger partial charge in [-0.3, -0.25) is 9.36 Å². The second-order valence-electron chi connectivity index (χ2n) is 8.18. The number of carbonyl (C=O) groups excluding carboxylic acids is 1. The molecule has 37 heavy (non-hydrogen) atoms. The van der Waals surface area contributed by atoms with E-state index in [1.54, 1.807) is 11.8 Å². The smallest absolute Gasteiger partial charge is 0.234 e. The highest BCUT2D eigenvalue weighted by molar-refractivity contribution is 8.00. The molecule has 1 amide bonds. The van der Waals surface area contributed by atoms with Crippen molar-refractivity contribution in [1.82, 2.24) is 14.8 Å². The van der Waals surface area contributed by atoms with Gasteiger partial charge in [-0.05, 0) is 67.1 Å². The van der Waals surface area contributed by atoms with Crippen LogP contribution in [0.1, 0.15) is 5.56 Å². The number of aryl methyl sites for hydroxylation is 1. The summed E-state index contributed by atoms with van der Waals surface area (Å²) in [5, 5.41) is 13.3. The van der Waals surface area contributed by atoms with Crippen molar-refractivity contribution >= 4 is 46.7 Å². The lowest BCUT2D eigenvalue weighted by Gasteiger charge is -2.13. The second kappa shape index (κ2) is 11.7. The summed E-state index contributed by atoms with van der Waals surface area (Å²) in [4.78, 5) is 15.1. The van der Waals surface area contributed by atoms with E-state index < -0.39 is 0 Å². The minimum atomic E-state index is -0.113. The van der Waals surface area contributed by atoms with Crippen molar-refractivity contribution in [1.29, 1.82) is 0 Å². The molecule has 1 heterocycles. The summed E-state index contributed by atoms with van der Waals surface area (Å²) < 4.78 is 2.00. The van der Waals surface area contributed by atoms with E-state index in [0.29, 0.717) is 16.0 Å². The van der Waals surface area contributed by atoms with Crippen LogP contribution in [0.25, 0.3) is 17.1 Å². The Morgan fingerprint density at radius 2 is 1.57 bits per heavy atom. The van der Waals surface area contributed by atoms with Crippen molar-refractivity contribution in [2.45, 2.75) is 21.9 Å². The van der Waals surface area contributed by atoms with Gasteiger partial charge in [-0.15, -0.1) is 10.2 Å². The van der Waals surface area contributed by atoms with E-state index in [2.05, 4.69) is 27.6 Å². The zero-order chi connectivity index (χ0) is 25.6.